The van der Waals surface area contributed by atoms with Gasteiger partial charge in [0, 0.05) is 24.2 Å². The van der Waals surface area contributed by atoms with Gasteiger partial charge in [0.25, 0.3) is 0 Å². The SMILES string of the molecule is CCCCCCCCN(CCCCCCCC)C[C@@H]1C[C@H](c2ccc(CO)cc2)O[C@H](c2cccc(NC(=O)NCC(=O)OCC)c2)O1. The number of carbonyl (C=O) groups is 2. The molecule has 9 heteroatoms. The summed E-state index contributed by atoms with van der Waals surface area (Å²) in [6, 6.07) is 14.9. The van der Waals surface area contributed by atoms with Crippen LogP contribution in [0.25, 0.3) is 0 Å². The number of nitrogens with one attached hydrogen (secondary N) is 2. The Bertz CT molecular complexity index is 1160. The van der Waals surface area contributed by atoms with Crippen LogP contribution in [0, 0.1) is 0 Å². The molecule has 1 saturated heterocycles. The van der Waals surface area contributed by atoms with E-state index < -0.39 is 18.3 Å². The largest absolute Gasteiger partial charge is 0.465 e. The second-order valence-electron chi connectivity index (χ2n) is 12.9. The monoisotopic (exact) mass is 667 g/mol. The van der Waals surface area contributed by atoms with Crippen molar-refractivity contribution in [3.8, 4) is 0 Å². The molecule has 48 heavy (non-hydrogen) atoms. The highest BCUT2D eigenvalue weighted by Crippen LogP contribution is 2.38. The predicted molar refractivity (Wildman–Crippen MR) is 192 cm³/mol. The van der Waals surface area contributed by atoms with Gasteiger partial charge in [0.15, 0.2) is 6.29 Å². The number of rotatable bonds is 23. The normalized spacial score (nSPS) is 17.7. The molecule has 2 aromatic rings. The number of urea groups is 1. The minimum atomic E-state index is -0.624. The Balaban J connectivity index is 1.73. The molecule has 268 valence electrons. The summed E-state index contributed by atoms with van der Waals surface area (Å²) in [6.45, 7) is 9.27. The number of esters is 1. The number of ether oxygens (including phenoxy) is 3. The van der Waals surface area contributed by atoms with Crippen molar-refractivity contribution in [2.45, 2.75) is 129 Å². The maximum atomic E-state index is 12.5. The molecular weight excluding hydrogens is 606 g/mol. The van der Waals surface area contributed by atoms with Gasteiger partial charge >= 0.3 is 12.0 Å². The van der Waals surface area contributed by atoms with E-state index in [2.05, 4.69) is 29.4 Å². The Morgan fingerprint density at radius 1 is 0.833 bits per heavy atom. The lowest BCUT2D eigenvalue weighted by Gasteiger charge is -2.38. The van der Waals surface area contributed by atoms with E-state index in [-0.39, 0.29) is 32.0 Å². The van der Waals surface area contributed by atoms with E-state index >= 15 is 0 Å². The summed E-state index contributed by atoms with van der Waals surface area (Å²) in [5.74, 6) is -0.489. The third kappa shape index (κ3) is 15.1. The van der Waals surface area contributed by atoms with E-state index in [1.807, 2.05) is 42.5 Å². The average Bonchev–Trinajstić information content (AvgIpc) is 3.10. The number of aliphatic hydroxyl groups is 1. The fourth-order valence-corrected chi connectivity index (χ4v) is 6.15. The summed E-state index contributed by atoms with van der Waals surface area (Å²) in [5, 5.41) is 14.9. The second-order valence-corrected chi connectivity index (χ2v) is 12.9. The highest BCUT2D eigenvalue weighted by molar-refractivity contribution is 5.91. The number of hydrogen-bond donors (Lipinski definition) is 3. The van der Waals surface area contributed by atoms with E-state index in [4.69, 9.17) is 14.2 Å². The van der Waals surface area contributed by atoms with Crippen LogP contribution in [0.4, 0.5) is 10.5 Å². The molecule has 0 saturated carbocycles. The summed E-state index contributed by atoms with van der Waals surface area (Å²) in [6.07, 6.45) is 15.2. The van der Waals surface area contributed by atoms with Crippen molar-refractivity contribution < 1.29 is 28.9 Å². The molecule has 2 aromatic carbocycles. The molecule has 3 atom stereocenters. The third-order valence-corrected chi connectivity index (χ3v) is 8.85. The van der Waals surface area contributed by atoms with Gasteiger partial charge in [0.05, 0.1) is 25.4 Å². The molecule has 2 amide bonds. The number of unbranched alkanes of at least 4 members (excludes halogenated alkanes) is 10. The molecule has 0 unspecified atom stereocenters. The van der Waals surface area contributed by atoms with Gasteiger partial charge in [-0.3, -0.25) is 4.79 Å². The van der Waals surface area contributed by atoms with E-state index in [9.17, 15) is 14.7 Å². The number of amides is 2. The zero-order valence-corrected chi connectivity index (χ0v) is 29.7. The van der Waals surface area contributed by atoms with Gasteiger partial charge in [-0.05, 0) is 56.1 Å². The van der Waals surface area contributed by atoms with Gasteiger partial charge < -0.3 is 34.9 Å². The maximum absolute atomic E-state index is 12.5. The van der Waals surface area contributed by atoms with Crippen LogP contribution >= 0.6 is 0 Å². The first-order chi connectivity index (χ1) is 23.4. The zero-order valence-electron chi connectivity index (χ0n) is 29.7. The summed E-state index contributed by atoms with van der Waals surface area (Å²) in [7, 11) is 0. The van der Waals surface area contributed by atoms with Gasteiger partial charge in [-0.2, -0.15) is 0 Å². The molecule has 0 bridgehead atoms. The number of hydrogen-bond acceptors (Lipinski definition) is 7. The molecule has 0 radical (unpaired) electrons. The topological polar surface area (TPSA) is 109 Å². The van der Waals surface area contributed by atoms with Gasteiger partial charge in [-0.15, -0.1) is 0 Å². The average molecular weight is 668 g/mol. The maximum Gasteiger partial charge on any atom is 0.325 e. The highest BCUT2D eigenvalue weighted by atomic mass is 16.7. The summed E-state index contributed by atoms with van der Waals surface area (Å²) < 4.78 is 18.2. The molecule has 0 spiro atoms. The molecule has 1 heterocycles. The Hall–Kier alpha value is -2.98. The molecule has 0 aromatic heterocycles. The van der Waals surface area contributed by atoms with Crippen molar-refractivity contribution in [2.24, 2.45) is 0 Å². The van der Waals surface area contributed by atoms with Crippen molar-refractivity contribution in [1.29, 1.82) is 0 Å². The van der Waals surface area contributed by atoms with E-state index in [1.165, 1.54) is 77.0 Å². The first kappa shape index (κ1) is 39.5. The van der Waals surface area contributed by atoms with Gasteiger partial charge in [0.2, 0.25) is 0 Å². The molecule has 1 fully saturated rings. The van der Waals surface area contributed by atoms with Crippen LogP contribution in [-0.2, 0) is 25.6 Å². The van der Waals surface area contributed by atoms with Crippen LogP contribution in [0.5, 0.6) is 0 Å². The summed E-state index contributed by atoms with van der Waals surface area (Å²) in [5.41, 5.74) is 3.29. The van der Waals surface area contributed by atoms with E-state index in [0.717, 1.165) is 42.7 Å². The fraction of sp³-hybridized carbons (Fsp3) is 0.641. The lowest BCUT2D eigenvalue weighted by atomic mass is 9.99. The van der Waals surface area contributed by atoms with Crippen molar-refractivity contribution in [1.82, 2.24) is 10.2 Å². The lowest BCUT2D eigenvalue weighted by molar-refractivity contribution is -0.253. The Labute approximate surface area is 289 Å². The number of anilines is 1. The second kappa shape index (κ2) is 23.4. The summed E-state index contributed by atoms with van der Waals surface area (Å²) in [4.78, 5) is 26.7. The van der Waals surface area contributed by atoms with Crippen LogP contribution < -0.4 is 10.6 Å². The molecule has 3 N–H and O–H groups in total. The highest BCUT2D eigenvalue weighted by Gasteiger charge is 2.33. The summed E-state index contributed by atoms with van der Waals surface area (Å²) >= 11 is 0. The Morgan fingerprint density at radius 2 is 1.48 bits per heavy atom. The fourth-order valence-electron chi connectivity index (χ4n) is 6.15. The molecule has 1 aliphatic rings. The zero-order chi connectivity index (χ0) is 34.4. The third-order valence-electron chi connectivity index (χ3n) is 8.85. The van der Waals surface area contributed by atoms with Gasteiger partial charge in [-0.25, -0.2) is 4.79 Å². The van der Waals surface area contributed by atoms with Gasteiger partial charge in [-0.1, -0.05) is 114 Å². The molecule has 0 aliphatic carbocycles. The van der Waals surface area contributed by atoms with E-state index in [0.29, 0.717) is 5.69 Å². The van der Waals surface area contributed by atoms with E-state index in [1.54, 1.807) is 13.0 Å². The molecule has 1 aliphatic heterocycles. The van der Waals surface area contributed by atoms with Gasteiger partial charge in [0.1, 0.15) is 6.54 Å². The lowest BCUT2D eigenvalue weighted by Crippen LogP contribution is -2.40. The van der Waals surface area contributed by atoms with Crippen molar-refractivity contribution in [2.75, 3.05) is 38.1 Å². The standard InChI is InChI=1S/C39H61N3O6/c1-4-7-9-11-13-15-24-42(25-16-14-12-10-8-5-2)29-35-27-36(32-22-20-31(30-43)21-23-32)48-38(47-35)33-18-17-19-34(26-33)41-39(45)40-28-37(44)46-6-3/h17-23,26,35-36,38,43H,4-16,24-25,27-30H2,1-3H3,(H2,40,41,45)/t35-,36+,38+/m0/s1. The van der Waals surface area contributed by atoms with Crippen molar-refractivity contribution in [3.63, 3.8) is 0 Å². The van der Waals surface area contributed by atoms with Crippen molar-refractivity contribution in [3.05, 3.63) is 65.2 Å². The molecule has 3 rings (SSSR count). The Morgan fingerprint density at radius 3 is 2.10 bits per heavy atom. The quantitative estimate of drug-likeness (QED) is 0.0806. The van der Waals surface area contributed by atoms with Crippen LogP contribution in [-0.4, -0.2) is 60.9 Å². The number of benzene rings is 2. The molecule has 9 nitrogen and oxygen atoms in total. The molecular formula is C39H61N3O6. The van der Waals surface area contributed by atoms with Crippen LogP contribution in [0.15, 0.2) is 48.5 Å². The minimum Gasteiger partial charge on any atom is -0.465 e. The van der Waals surface area contributed by atoms with Crippen LogP contribution in [0.2, 0.25) is 0 Å². The van der Waals surface area contributed by atoms with Crippen LogP contribution in [0.1, 0.15) is 133 Å². The van der Waals surface area contributed by atoms with Crippen LogP contribution in [0.3, 0.4) is 0 Å². The number of nitrogens with zero attached hydrogens (tertiary/aromatic N) is 1. The number of carbonyl (C=O) groups excluding carboxylic acids is 2. The minimum absolute atomic E-state index is 0.000822. The van der Waals surface area contributed by atoms with Crippen molar-refractivity contribution >= 4 is 17.7 Å². The smallest absolute Gasteiger partial charge is 0.325 e. The predicted octanol–water partition coefficient (Wildman–Crippen LogP) is 8.43. The Kier molecular flexibility index (Phi) is 19.2. The first-order valence-corrected chi connectivity index (χ1v) is 18.5. The first-order valence-electron chi connectivity index (χ1n) is 18.5. The number of aliphatic hydroxyl groups excluding tert-OH is 1.